The highest BCUT2D eigenvalue weighted by Gasteiger charge is 2.11. The van der Waals surface area contributed by atoms with Gasteiger partial charge in [0.2, 0.25) is 5.91 Å². The van der Waals surface area contributed by atoms with E-state index in [0.29, 0.717) is 31.6 Å². The molecule has 0 aromatic carbocycles. The van der Waals surface area contributed by atoms with Gasteiger partial charge >= 0.3 is 0 Å². The number of rotatable bonds is 19. The highest BCUT2D eigenvalue weighted by molar-refractivity contribution is 5.96. The highest BCUT2D eigenvalue weighted by atomic mass is 16.2. The van der Waals surface area contributed by atoms with Gasteiger partial charge in [0, 0.05) is 43.7 Å². The van der Waals surface area contributed by atoms with E-state index in [1.807, 2.05) is 0 Å². The molecule has 8 heteroatoms. The summed E-state index contributed by atoms with van der Waals surface area (Å²) in [5, 5.41) is 12.1. The van der Waals surface area contributed by atoms with Crippen LogP contribution in [0.4, 0.5) is 0 Å². The quantitative estimate of drug-likeness (QED) is 0.0669. The number of allylic oxidation sites excluding steroid dienone is 10. The molecule has 0 unspecified atom stereocenters. The maximum Gasteiger partial charge on any atom is 0.252 e. The number of carbonyl (C=O) groups excluding carboxylic acids is 2. The van der Waals surface area contributed by atoms with Crippen molar-refractivity contribution in [2.45, 2.75) is 58.3 Å². The monoisotopic (exact) mass is 506 g/mol. The number of hydrogen-bond donors (Lipinski definition) is 3. The molecule has 0 fully saturated rings. The lowest BCUT2D eigenvalue weighted by Gasteiger charge is -2.14. The van der Waals surface area contributed by atoms with Gasteiger partial charge in [-0.1, -0.05) is 72.8 Å². The number of nitrogens with one attached hydrogen (secondary N) is 3. The highest BCUT2D eigenvalue weighted by Crippen LogP contribution is 2.07. The lowest BCUT2D eigenvalue weighted by atomic mass is 10.1. The minimum atomic E-state index is -0.238. The Kier molecular flexibility index (Phi) is 19.2. The third kappa shape index (κ3) is 18.2. The van der Waals surface area contributed by atoms with E-state index in [9.17, 15) is 9.59 Å². The summed E-state index contributed by atoms with van der Waals surface area (Å²) in [4.78, 5) is 26.9. The molecule has 1 aliphatic rings. The first-order chi connectivity index (χ1) is 18.2. The molecule has 0 aliphatic carbocycles. The summed E-state index contributed by atoms with van der Waals surface area (Å²) in [5.41, 5.74) is 9.72. The minimum absolute atomic E-state index is 0.0169. The molecule has 0 radical (unpaired) electrons. The third-order valence-corrected chi connectivity index (χ3v) is 5.21. The zero-order valence-corrected chi connectivity index (χ0v) is 22.1. The normalized spacial score (nSPS) is 13.8. The molecule has 1 rings (SSSR count). The Morgan fingerprint density at radius 1 is 0.946 bits per heavy atom. The predicted molar refractivity (Wildman–Crippen MR) is 153 cm³/mol. The van der Waals surface area contributed by atoms with Crippen LogP contribution in [0.3, 0.4) is 0 Å². The molecule has 0 aromatic heterocycles. The Balaban J connectivity index is 2.02. The first-order valence-corrected chi connectivity index (χ1v) is 13.1. The number of amides is 2. The summed E-state index contributed by atoms with van der Waals surface area (Å²) in [5.74, 6) is -0.255. The number of hydrogen-bond acceptors (Lipinski definition) is 4. The number of dihydropyridines is 1. The van der Waals surface area contributed by atoms with Crippen molar-refractivity contribution in [2.24, 2.45) is 5.11 Å². The van der Waals surface area contributed by atoms with Crippen molar-refractivity contribution in [1.29, 1.82) is 0 Å². The molecule has 0 saturated heterocycles. The zero-order chi connectivity index (χ0) is 26.8. The molecule has 3 N–H and O–H groups in total. The molecule has 200 valence electrons. The Labute approximate surface area is 221 Å². The van der Waals surface area contributed by atoms with Crippen LogP contribution in [0.5, 0.6) is 0 Å². The molecule has 2 amide bonds. The van der Waals surface area contributed by atoms with Crippen molar-refractivity contribution < 1.29 is 9.59 Å². The van der Waals surface area contributed by atoms with Crippen molar-refractivity contribution in [1.82, 2.24) is 16.0 Å². The van der Waals surface area contributed by atoms with Crippen LogP contribution in [0.2, 0.25) is 0 Å². The molecule has 0 aromatic rings. The van der Waals surface area contributed by atoms with Crippen molar-refractivity contribution in [3.05, 3.63) is 94.6 Å². The number of azide groups is 1. The van der Waals surface area contributed by atoms with Gasteiger partial charge in [0.15, 0.2) is 0 Å². The Morgan fingerprint density at radius 2 is 1.54 bits per heavy atom. The first kappa shape index (κ1) is 31.3. The van der Waals surface area contributed by atoms with Crippen molar-refractivity contribution in [3.63, 3.8) is 0 Å². The molecular formula is C29H42N6O2. The Morgan fingerprint density at radius 3 is 2.16 bits per heavy atom. The van der Waals surface area contributed by atoms with Crippen LogP contribution in [-0.4, -0.2) is 38.0 Å². The summed E-state index contributed by atoms with van der Waals surface area (Å²) in [6.07, 6.45) is 32.1. The predicted octanol–water partition coefficient (Wildman–Crippen LogP) is 5.86. The summed E-state index contributed by atoms with van der Waals surface area (Å²) >= 11 is 0. The average molecular weight is 507 g/mol. The second-order valence-corrected chi connectivity index (χ2v) is 8.38. The minimum Gasteiger partial charge on any atom is -0.386 e. The van der Waals surface area contributed by atoms with E-state index in [1.165, 1.54) is 0 Å². The van der Waals surface area contributed by atoms with Gasteiger partial charge < -0.3 is 16.0 Å². The van der Waals surface area contributed by atoms with Crippen molar-refractivity contribution >= 4 is 11.8 Å². The maximum atomic E-state index is 12.2. The topological polar surface area (TPSA) is 119 Å². The van der Waals surface area contributed by atoms with Gasteiger partial charge in [-0.05, 0) is 62.1 Å². The molecule has 0 bridgehead atoms. The number of nitrogens with zero attached hydrogens (tertiary/aromatic N) is 3. The fourth-order valence-electron chi connectivity index (χ4n) is 3.28. The summed E-state index contributed by atoms with van der Waals surface area (Å²) in [7, 11) is 0. The molecule has 1 heterocycles. The van der Waals surface area contributed by atoms with Gasteiger partial charge in [-0.3, -0.25) is 9.59 Å². The second kappa shape index (κ2) is 22.7. The molecule has 0 atom stereocenters. The standard InChI is InChI=1S/C29H42N6O2/c1-2-3-4-5-6-7-8-9-10-11-12-13-14-15-16-17-18-19-28(36)32-20-21-33-29(37)27-22-26(23-31-25-27)24-34-35-30/h3-4,6-7,9-10,12-13,15-16,22,25,31H,2,5,8,11,14,17-21,23-24H2,1H3,(H,32,36)(H,33,37)/b4-3-,7-6-,10-9-,13-12-,16-15-. The maximum absolute atomic E-state index is 12.2. The summed E-state index contributed by atoms with van der Waals surface area (Å²) < 4.78 is 0. The lowest BCUT2D eigenvalue weighted by molar-refractivity contribution is -0.121. The molecule has 37 heavy (non-hydrogen) atoms. The molecule has 8 nitrogen and oxygen atoms in total. The largest absolute Gasteiger partial charge is 0.386 e. The Hall–Kier alpha value is -3.77. The molecule has 0 spiro atoms. The lowest BCUT2D eigenvalue weighted by Crippen LogP contribution is -2.36. The SMILES string of the molecule is CC/C=C\C/C=C\C/C=C\C/C=C\C/C=C\CCCC(=O)NCCNC(=O)C1=CNCC(CN=[N+]=[N-])=C1. The smallest absolute Gasteiger partial charge is 0.252 e. The van der Waals surface area contributed by atoms with E-state index < -0.39 is 0 Å². The van der Waals surface area contributed by atoms with Crippen LogP contribution < -0.4 is 16.0 Å². The van der Waals surface area contributed by atoms with Crippen LogP contribution in [0, 0.1) is 0 Å². The van der Waals surface area contributed by atoms with Crippen LogP contribution in [0.25, 0.3) is 10.4 Å². The van der Waals surface area contributed by atoms with E-state index in [4.69, 9.17) is 5.53 Å². The molecule has 1 aliphatic heterocycles. The zero-order valence-electron chi connectivity index (χ0n) is 22.1. The first-order valence-electron chi connectivity index (χ1n) is 13.1. The van der Waals surface area contributed by atoms with E-state index >= 15 is 0 Å². The average Bonchev–Trinajstić information content (AvgIpc) is 2.91. The van der Waals surface area contributed by atoms with Gasteiger partial charge in [0.25, 0.3) is 5.91 Å². The van der Waals surface area contributed by atoms with Crippen molar-refractivity contribution in [2.75, 3.05) is 26.2 Å². The van der Waals surface area contributed by atoms with Crippen LogP contribution >= 0.6 is 0 Å². The van der Waals surface area contributed by atoms with E-state index in [-0.39, 0.29) is 18.4 Å². The van der Waals surface area contributed by atoms with Crippen molar-refractivity contribution in [3.8, 4) is 0 Å². The third-order valence-electron chi connectivity index (χ3n) is 5.21. The van der Waals surface area contributed by atoms with Crippen LogP contribution in [-0.2, 0) is 9.59 Å². The second-order valence-electron chi connectivity index (χ2n) is 8.38. The number of unbranched alkanes of at least 4 members (excludes halogenated alkanes) is 1. The summed E-state index contributed by atoms with van der Waals surface area (Å²) in [6.45, 7) is 3.64. The molecular weight excluding hydrogens is 464 g/mol. The summed E-state index contributed by atoms with van der Waals surface area (Å²) in [6, 6.07) is 0. The van der Waals surface area contributed by atoms with E-state index in [1.54, 1.807) is 12.3 Å². The van der Waals surface area contributed by atoms with Gasteiger partial charge in [0.1, 0.15) is 0 Å². The number of carbonyl (C=O) groups is 2. The fraction of sp³-hybridized carbons (Fsp3) is 0.448. The van der Waals surface area contributed by atoms with Crippen LogP contribution in [0.15, 0.2) is 89.3 Å². The fourth-order valence-corrected chi connectivity index (χ4v) is 3.28. The van der Waals surface area contributed by atoms with E-state index in [2.05, 4.69) is 93.7 Å². The van der Waals surface area contributed by atoms with Gasteiger partial charge in [-0.2, -0.15) is 0 Å². The van der Waals surface area contributed by atoms with E-state index in [0.717, 1.165) is 50.5 Å². The van der Waals surface area contributed by atoms with Gasteiger partial charge in [-0.15, -0.1) is 0 Å². The van der Waals surface area contributed by atoms with Gasteiger partial charge in [0.05, 0.1) is 5.57 Å². The van der Waals surface area contributed by atoms with Gasteiger partial charge in [-0.25, -0.2) is 0 Å². The van der Waals surface area contributed by atoms with Crippen LogP contribution in [0.1, 0.15) is 58.3 Å². The molecule has 0 saturated carbocycles. The Bertz CT molecular complexity index is 934.